The predicted octanol–water partition coefficient (Wildman–Crippen LogP) is 2.04. The van der Waals surface area contributed by atoms with Crippen LogP contribution >= 0.6 is 24.0 Å². The lowest BCUT2D eigenvalue weighted by molar-refractivity contribution is -0.0447. The first-order valence-corrected chi connectivity index (χ1v) is 8.90. The van der Waals surface area contributed by atoms with Crippen LogP contribution in [0.3, 0.4) is 0 Å². The van der Waals surface area contributed by atoms with Gasteiger partial charge in [0.15, 0.2) is 5.96 Å². The maximum absolute atomic E-state index is 5.70. The Morgan fingerprint density at radius 1 is 1.44 bits per heavy atom. The lowest BCUT2D eigenvalue weighted by Crippen LogP contribution is -2.51. The SMILES string of the molecule is CN=C(NCc1ccn(C2CCCC2)n1)N1CCOC(COC)C1.I. The Labute approximate surface area is 167 Å². The minimum Gasteiger partial charge on any atom is -0.382 e. The van der Waals surface area contributed by atoms with Crippen molar-refractivity contribution >= 4 is 29.9 Å². The zero-order valence-corrected chi connectivity index (χ0v) is 17.5. The molecule has 2 fully saturated rings. The number of ether oxygens (including phenoxy) is 2. The molecule has 2 heterocycles. The van der Waals surface area contributed by atoms with Crippen molar-refractivity contribution in [3.63, 3.8) is 0 Å². The van der Waals surface area contributed by atoms with Crippen LogP contribution in [0, 0.1) is 0 Å². The van der Waals surface area contributed by atoms with Gasteiger partial charge in [-0.15, -0.1) is 24.0 Å². The van der Waals surface area contributed by atoms with Crippen molar-refractivity contribution in [1.29, 1.82) is 0 Å². The smallest absolute Gasteiger partial charge is 0.194 e. The molecule has 142 valence electrons. The molecule has 0 bridgehead atoms. The molecule has 8 heteroatoms. The van der Waals surface area contributed by atoms with Gasteiger partial charge in [-0.3, -0.25) is 9.67 Å². The number of morpholine rings is 1. The van der Waals surface area contributed by atoms with E-state index in [0.29, 0.717) is 25.8 Å². The molecule has 7 nitrogen and oxygen atoms in total. The average molecular weight is 463 g/mol. The van der Waals surface area contributed by atoms with E-state index in [2.05, 4.69) is 32.2 Å². The summed E-state index contributed by atoms with van der Waals surface area (Å²) in [5, 5.41) is 8.15. The van der Waals surface area contributed by atoms with E-state index in [9.17, 15) is 0 Å². The first-order valence-electron chi connectivity index (χ1n) is 8.90. The third kappa shape index (κ3) is 5.55. The summed E-state index contributed by atoms with van der Waals surface area (Å²) < 4.78 is 13.0. The van der Waals surface area contributed by atoms with Crippen LogP contribution in [-0.2, 0) is 16.0 Å². The van der Waals surface area contributed by atoms with E-state index in [1.807, 2.05) is 7.05 Å². The van der Waals surface area contributed by atoms with Crippen molar-refractivity contribution in [2.45, 2.75) is 44.4 Å². The summed E-state index contributed by atoms with van der Waals surface area (Å²) >= 11 is 0. The number of nitrogens with one attached hydrogen (secondary N) is 1. The predicted molar refractivity (Wildman–Crippen MR) is 109 cm³/mol. The van der Waals surface area contributed by atoms with E-state index >= 15 is 0 Å². The molecule has 0 amide bonds. The van der Waals surface area contributed by atoms with Gasteiger partial charge in [0, 0.05) is 33.4 Å². The molecule has 1 aliphatic heterocycles. The van der Waals surface area contributed by atoms with Gasteiger partial charge >= 0.3 is 0 Å². The van der Waals surface area contributed by atoms with Gasteiger partial charge in [0.05, 0.1) is 37.6 Å². The average Bonchev–Trinajstić information content (AvgIpc) is 3.27. The third-order valence-electron chi connectivity index (χ3n) is 4.79. The molecule has 1 aliphatic carbocycles. The number of nitrogens with zero attached hydrogens (tertiary/aromatic N) is 4. The number of hydrogen-bond donors (Lipinski definition) is 1. The first-order chi connectivity index (χ1) is 11.8. The number of guanidine groups is 1. The maximum Gasteiger partial charge on any atom is 0.194 e. The standard InChI is InChI=1S/C17H29N5O2.HI/c1-18-17(21-9-10-24-16(12-21)13-23-2)19-11-14-7-8-22(20-14)15-5-3-4-6-15;/h7-8,15-16H,3-6,9-13H2,1-2H3,(H,18,19);1H. The van der Waals surface area contributed by atoms with Crippen molar-refractivity contribution < 1.29 is 9.47 Å². The summed E-state index contributed by atoms with van der Waals surface area (Å²) in [6, 6.07) is 2.69. The highest BCUT2D eigenvalue weighted by Gasteiger charge is 2.23. The van der Waals surface area contributed by atoms with Crippen LogP contribution in [0.15, 0.2) is 17.3 Å². The summed E-state index contributed by atoms with van der Waals surface area (Å²) in [4.78, 5) is 6.63. The van der Waals surface area contributed by atoms with Crippen LogP contribution in [0.2, 0.25) is 0 Å². The van der Waals surface area contributed by atoms with E-state index in [0.717, 1.165) is 24.7 Å². The second-order valence-corrected chi connectivity index (χ2v) is 6.52. The van der Waals surface area contributed by atoms with Crippen LogP contribution in [0.1, 0.15) is 37.4 Å². The van der Waals surface area contributed by atoms with Crippen molar-refractivity contribution in [1.82, 2.24) is 20.0 Å². The molecule has 0 radical (unpaired) electrons. The Hall–Kier alpha value is -0.870. The highest BCUT2D eigenvalue weighted by atomic mass is 127. The van der Waals surface area contributed by atoms with Gasteiger partial charge in [-0.2, -0.15) is 5.10 Å². The Balaban J connectivity index is 0.00000225. The van der Waals surface area contributed by atoms with Crippen LogP contribution < -0.4 is 5.32 Å². The van der Waals surface area contributed by atoms with E-state index in [-0.39, 0.29) is 30.1 Å². The van der Waals surface area contributed by atoms with Gasteiger partial charge in [-0.05, 0) is 18.9 Å². The van der Waals surface area contributed by atoms with Crippen molar-refractivity contribution in [2.75, 3.05) is 40.5 Å². The largest absolute Gasteiger partial charge is 0.382 e. The van der Waals surface area contributed by atoms with E-state index in [1.165, 1.54) is 25.7 Å². The summed E-state index contributed by atoms with van der Waals surface area (Å²) in [7, 11) is 3.52. The van der Waals surface area contributed by atoms with Gasteiger partial charge < -0.3 is 19.7 Å². The lowest BCUT2D eigenvalue weighted by Gasteiger charge is -2.34. The molecule has 2 aliphatic rings. The Morgan fingerprint density at radius 2 is 2.24 bits per heavy atom. The minimum absolute atomic E-state index is 0. The molecule has 0 aromatic carbocycles. The number of aromatic nitrogens is 2. The first kappa shape index (κ1) is 20.4. The molecule has 1 saturated carbocycles. The quantitative estimate of drug-likeness (QED) is 0.412. The van der Waals surface area contributed by atoms with Gasteiger partial charge in [0.1, 0.15) is 0 Å². The van der Waals surface area contributed by atoms with E-state index < -0.39 is 0 Å². The van der Waals surface area contributed by atoms with Gasteiger partial charge in [0.25, 0.3) is 0 Å². The van der Waals surface area contributed by atoms with E-state index in [1.54, 1.807) is 7.11 Å². The Kier molecular flexibility index (Phi) is 8.44. The molecule has 1 atom stereocenters. The number of methoxy groups -OCH3 is 1. The fraction of sp³-hybridized carbons (Fsp3) is 0.765. The Bertz CT molecular complexity index is 543. The van der Waals surface area contributed by atoms with Crippen molar-refractivity contribution in [2.24, 2.45) is 4.99 Å². The summed E-state index contributed by atoms with van der Waals surface area (Å²) in [5.41, 5.74) is 1.06. The van der Waals surface area contributed by atoms with Crippen molar-refractivity contribution in [3.8, 4) is 0 Å². The molecule has 1 aromatic rings. The van der Waals surface area contributed by atoms with Crippen LogP contribution in [-0.4, -0.2) is 67.2 Å². The molecule has 0 spiro atoms. The molecule has 3 rings (SSSR count). The third-order valence-corrected chi connectivity index (χ3v) is 4.79. The van der Waals surface area contributed by atoms with Crippen molar-refractivity contribution in [3.05, 3.63) is 18.0 Å². The summed E-state index contributed by atoms with van der Waals surface area (Å²) in [6.07, 6.45) is 7.37. The fourth-order valence-corrected chi connectivity index (χ4v) is 3.54. The van der Waals surface area contributed by atoms with Gasteiger partial charge in [-0.1, -0.05) is 12.8 Å². The topological polar surface area (TPSA) is 63.9 Å². The molecule has 1 unspecified atom stereocenters. The number of rotatable bonds is 5. The van der Waals surface area contributed by atoms with Crippen LogP contribution in [0.5, 0.6) is 0 Å². The fourth-order valence-electron chi connectivity index (χ4n) is 3.54. The molecule has 1 aromatic heterocycles. The minimum atomic E-state index is 0. The second kappa shape index (κ2) is 10.3. The van der Waals surface area contributed by atoms with Crippen LogP contribution in [0.25, 0.3) is 0 Å². The normalized spacial score (nSPS) is 22.1. The maximum atomic E-state index is 5.70. The number of halogens is 1. The molecular weight excluding hydrogens is 433 g/mol. The summed E-state index contributed by atoms with van der Waals surface area (Å²) in [5.74, 6) is 0.898. The monoisotopic (exact) mass is 463 g/mol. The zero-order valence-electron chi connectivity index (χ0n) is 15.2. The number of aliphatic imine (C=N–C) groups is 1. The second-order valence-electron chi connectivity index (χ2n) is 6.52. The molecule has 1 N–H and O–H groups in total. The van der Waals surface area contributed by atoms with Gasteiger partial charge in [-0.25, -0.2) is 0 Å². The molecule has 25 heavy (non-hydrogen) atoms. The van der Waals surface area contributed by atoms with E-state index in [4.69, 9.17) is 14.6 Å². The van der Waals surface area contributed by atoms with Gasteiger partial charge in [0.2, 0.25) is 0 Å². The molecule has 1 saturated heterocycles. The Morgan fingerprint density at radius 3 is 2.96 bits per heavy atom. The summed E-state index contributed by atoms with van der Waals surface area (Å²) in [6.45, 7) is 3.64. The number of hydrogen-bond acceptors (Lipinski definition) is 4. The van der Waals surface area contributed by atoms with Crippen LogP contribution in [0.4, 0.5) is 0 Å². The highest BCUT2D eigenvalue weighted by molar-refractivity contribution is 14.0. The zero-order chi connectivity index (χ0) is 16.8. The molecular formula is C17H30IN5O2. The lowest BCUT2D eigenvalue weighted by atomic mass is 10.3. The highest BCUT2D eigenvalue weighted by Crippen LogP contribution is 2.28.